The molecule has 18 heavy (non-hydrogen) atoms. The Balaban J connectivity index is 2.82. The summed E-state index contributed by atoms with van der Waals surface area (Å²) < 4.78 is 26.7. The summed E-state index contributed by atoms with van der Waals surface area (Å²) in [5.41, 5.74) is -0.938. The minimum Gasteiger partial charge on any atom is -0.475 e. The number of hydrogen-bond donors (Lipinski definition) is 1. The second-order valence-electron chi connectivity index (χ2n) is 3.39. The highest BCUT2D eigenvalue weighted by molar-refractivity contribution is 8.13. The molecule has 0 radical (unpaired) electrons. The molecular weight excluding hydrogens is 284 g/mol. The Morgan fingerprint density at radius 3 is 2.50 bits per heavy atom. The monoisotopic (exact) mass is 288 g/mol. The first-order chi connectivity index (χ1) is 8.29. The minimum atomic E-state index is -3.96. The number of benzene rings is 1. The molecule has 94 valence electrons. The van der Waals surface area contributed by atoms with Gasteiger partial charge in [0.05, 0.1) is 10.3 Å². The molecule has 1 aromatic carbocycles. The van der Waals surface area contributed by atoms with Crippen LogP contribution in [0.3, 0.4) is 0 Å². The zero-order valence-corrected chi connectivity index (χ0v) is 10.2. The standard InChI is InChI=1S/C10H5ClO6S/c11-18(15,16)6-2-1-5-3-8(9(12)13)17-10(14)7(5)4-6/h1-4H,(H,12,13). The third kappa shape index (κ3) is 2.22. The van der Waals surface area contributed by atoms with Gasteiger partial charge in [-0.15, -0.1) is 0 Å². The van der Waals surface area contributed by atoms with Crippen LogP contribution in [-0.2, 0) is 9.05 Å². The Morgan fingerprint density at radius 2 is 1.94 bits per heavy atom. The number of aromatic carboxylic acids is 1. The molecule has 0 aliphatic rings. The average Bonchev–Trinajstić information content (AvgIpc) is 2.27. The highest BCUT2D eigenvalue weighted by atomic mass is 35.7. The fraction of sp³-hybridized carbons (Fsp3) is 0. The van der Waals surface area contributed by atoms with Crippen molar-refractivity contribution >= 4 is 36.5 Å². The molecular formula is C10H5ClO6S. The van der Waals surface area contributed by atoms with Crippen molar-refractivity contribution in [1.82, 2.24) is 0 Å². The van der Waals surface area contributed by atoms with E-state index in [4.69, 9.17) is 15.8 Å². The van der Waals surface area contributed by atoms with Crippen LogP contribution in [0.1, 0.15) is 10.6 Å². The van der Waals surface area contributed by atoms with E-state index in [1.807, 2.05) is 0 Å². The lowest BCUT2D eigenvalue weighted by Crippen LogP contribution is -2.07. The maximum absolute atomic E-state index is 11.5. The quantitative estimate of drug-likeness (QED) is 0.839. The van der Waals surface area contributed by atoms with Gasteiger partial charge >= 0.3 is 11.6 Å². The molecule has 0 saturated carbocycles. The molecule has 0 bridgehead atoms. The van der Waals surface area contributed by atoms with E-state index in [2.05, 4.69) is 4.42 Å². The van der Waals surface area contributed by atoms with Crippen molar-refractivity contribution in [3.8, 4) is 0 Å². The Labute approximate surface area is 105 Å². The lowest BCUT2D eigenvalue weighted by Gasteiger charge is -2.00. The molecule has 1 N–H and O–H groups in total. The Bertz CT molecular complexity index is 805. The first kappa shape index (κ1) is 12.6. The molecule has 0 spiro atoms. The molecule has 8 heteroatoms. The summed E-state index contributed by atoms with van der Waals surface area (Å²) in [5, 5.41) is 8.91. The molecule has 0 atom stereocenters. The average molecular weight is 289 g/mol. The van der Waals surface area contributed by atoms with Gasteiger partial charge in [-0.25, -0.2) is 18.0 Å². The van der Waals surface area contributed by atoms with Crippen LogP contribution in [-0.4, -0.2) is 19.5 Å². The van der Waals surface area contributed by atoms with Crippen LogP contribution in [0.15, 0.2) is 38.4 Å². The van der Waals surface area contributed by atoms with E-state index in [1.165, 1.54) is 12.1 Å². The third-order valence-corrected chi connectivity index (χ3v) is 3.58. The van der Waals surface area contributed by atoms with Crippen LogP contribution in [0.25, 0.3) is 10.8 Å². The van der Waals surface area contributed by atoms with E-state index >= 15 is 0 Å². The van der Waals surface area contributed by atoms with Gasteiger partial charge < -0.3 is 9.52 Å². The topological polar surface area (TPSA) is 102 Å². The lowest BCUT2D eigenvalue weighted by atomic mass is 10.2. The van der Waals surface area contributed by atoms with Gasteiger partial charge in [-0.1, -0.05) is 6.07 Å². The summed E-state index contributed by atoms with van der Waals surface area (Å²) in [4.78, 5) is 21.9. The Morgan fingerprint density at radius 1 is 1.28 bits per heavy atom. The third-order valence-electron chi connectivity index (χ3n) is 2.23. The predicted molar refractivity (Wildman–Crippen MR) is 62.5 cm³/mol. The SMILES string of the molecule is O=C(O)c1cc2ccc(S(=O)(=O)Cl)cc2c(=O)o1. The summed E-state index contributed by atoms with van der Waals surface area (Å²) in [6.07, 6.45) is 0. The number of carbonyl (C=O) groups is 1. The van der Waals surface area contributed by atoms with E-state index < -0.39 is 26.4 Å². The molecule has 0 aliphatic carbocycles. The molecule has 2 aromatic rings. The molecule has 1 heterocycles. The molecule has 0 saturated heterocycles. The van der Waals surface area contributed by atoms with Crippen LogP contribution in [0.2, 0.25) is 0 Å². The lowest BCUT2D eigenvalue weighted by molar-refractivity contribution is 0.0658. The van der Waals surface area contributed by atoms with Crippen LogP contribution in [0, 0.1) is 0 Å². The number of fused-ring (bicyclic) bond motifs is 1. The first-order valence-electron chi connectivity index (χ1n) is 4.55. The predicted octanol–water partition coefficient (Wildman–Crippen LogP) is 1.42. The molecule has 1 aromatic heterocycles. The van der Waals surface area contributed by atoms with Crippen LogP contribution in [0.4, 0.5) is 0 Å². The number of carboxylic acids is 1. The molecule has 6 nitrogen and oxygen atoms in total. The number of carboxylic acid groups (broad SMARTS) is 1. The van der Waals surface area contributed by atoms with Gasteiger partial charge in [0.2, 0.25) is 5.76 Å². The normalized spacial score (nSPS) is 11.6. The van der Waals surface area contributed by atoms with Crippen molar-refractivity contribution in [3.63, 3.8) is 0 Å². The Hall–Kier alpha value is -1.86. The van der Waals surface area contributed by atoms with Crippen molar-refractivity contribution in [2.45, 2.75) is 4.90 Å². The second-order valence-corrected chi connectivity index (χ2v) is 5.96. The van der Waals surface area contributed by atoms with Gasteiger partial charge in [-0.05, 0) is 23.6 Å². The van der Waals surface area contributed by atoms with E-state index in [0.717, 1.165) is 12.1 Å². The van der Waals surface area contributed by atoms with Crippen LogP contribution >= 0.6 is 10.7 Å². The fourth-order valence-electron chi connectivity index (χ4n) is 1.42. The van der Waals surface area contributed by atoms with Gasteiger partial charge in [0.1, 0.15) is 0 Å². The summed E-state index contributed by atoms with van der Waals surface area (Å²) in [6, 6.07) is 4.63. The zero-order valence-electron chi connectivity index (χ0n) is 8.58. The largest absolute Gasteiger partial charge is 0.475 e. The van der Waals surface area contributed by atoms with Gasteiger partial charge in [0.15, 0.2) is 0 Å². The van der Waals surface area contributed by atoms with E-state index in [1.54, 1.807) is 0 Å². The highest BCUT2D eigenvalue weighted by Gasteiger charge is 2.14. The van der Waals surface area contributed by atoms with Crippen molar-refractivity contribution in [2.75, 3.05) is 0 Å². The van der Waals surface area contributed by atoms with Gasteiger partial charge in [-0.2, -0.15) is 0 Å². The highest BCUT2D eigenvalue weighted by Crippen LogP contribution is 2.20. The molecule has 0 unspecified atom stereocenters. The van der Waals surface area contributed by atoms with E-state index in [0.29, 0.717) is 0 Å². The summed E-state index contributed by atoms with van der Waals surface area (Å²) >= 11 is 0. The van der Waals surface area contributed by atoms with Gasteiger partial charge in [-0.3, -0.25) is 0 Å². The van der Waals surface area contributed by atoms with Crippen molar-refractivity contribution < 1.29 is 22.7 Å². The van der Waals surface area contributed by atoms with Crippen LogP contribution < -0.4 is 5.63 Å². The Kier molecular flexibility index (Phi) is 2.88. The van der Waals surface area contributed by atoms with E-state index in [9.17, 15) is 18.0 Å². The first-order valence-corrected chi connectivity index (χ1v) is 6.86. The van der Waals surface area contributed by atoms with Gasteiger partial charge in [0, 0.05) is 10.7 Å². The molecule has 0 aliphatic heterocycles. The van der Waals surface area contributed by atoms with Crippen molar-refractivity contribution in [3.05, 3.63) is 40.4 Å². The smallest absolute Gasteiger partial charge is 0.371 e. The maximum Gasteiger partial charge on any atom is 0.371 e. The summed E-state index contributed by atoms with van der Waals surface area (Å²) in [7, 11) is 1.18. The molecule has 0 amide bonds. The fourth-order valence-corrected chi connectivity index (χ4v) is 2.20. The number of rotatable bonds is 2. The number of hydrogen-bond acceptors (Lipinski definition) is 5. The second kappa shape index (κ2) is 4.11. The van der Waals surface area contributed by atoms with Crippen LogP contribution in [0.5, 0.6) is 0 Å². The van der Waals surface area contributed by atoms with Crippen molar-refractivity contribution in [1.29, 1.82) is 0 Å². The summed E-state index contributed by atoms with van der Waals surface area (Å²) in [5.74, 6) is -1.91. The van der Waals surface area contributed by atoms with Crippen molar-refractivity contribution in [2.24, 2.45) is 0 Å². The molecule has 2 rings (SSSR count). The maximum atomic E-state index is 11.5. The van der Waals surface area contributed by atoms with Gasteiger partial charge in [0.25, 0.3) is 9.05 Å². The summed E-state index contributed by atoms with van der Waals surface area (Å²) in [6.45, 7) is 0. The minimum absolute atomic E-state index is 0.0540. The number of halogens is 1. The molecule has 0 fully saturated rings. The zero-order chi connectivity index (χ0) is 13.5. The van der Waals surface area contributed by atoms with E-state index in [-0.39, 0.29) is 15.7 Å².